The molecule has 1 aromatic carbocycles. The zero-order valence-corrected chi connectivity index (χ0v) is 11.9. The van der Waals surface area contributed by atoms with Crippen LogP contribution in [-0.2, 0) is 0 Å². The number of hydrogen-bond acceptors (Lipinski definition) is 3. The molecule has 0 aliphatic heterocycles. The van der Waals surface area contributed by atoms with E-state index in [2.05, 4.69) is 10.3 Å². The van der Waals surface area contributed by atoms with Crippen LogP contribution < -0.4 is 5.32 Å². The van der Waals surface area contributed by atoms with Gasteiger partial charge >= 0.3 is 0 Å². The van der Waals surface area contributed by atoms with Gasteiger partial charge in [0.2, 0.25) is 0 Å². The summed E-state index contributed by atoms with van der Waals surface area (Å²) >= 11 is 1.65. The van der Waals surface area contributed by atoms with Gasteiger partial charge in [0.05, 0.1) is 22.4 Å². The summed E-state index contributed by atoms with van der Waals surface area (Å²) in [7, 11) is 0. The zero-order chi connectivity index (χ0) is 13.3. The highest BCUT2D eigenvalue weighted by Gasteiger charge is 2.14. The predicted molar refractivity (Wildman–Crippen MR) is 74.8 cm³/mol. The Morgan fingerprint density at radius 2 is 2.00 bits per heavy atom. The van der Waals surface area contributed by atoms with Gasteiger partial charge in [-0.2, -0.15) is 0 Å². The number of aryl methyl sites for hydroxylation is 3. The minimum atomic E-state index is -0.208. The van der Waals surface area contributed by atoms with Crippen molar-refractivity contribution >= 4 is 17.0 Å². The normalized spacial score (nSPS) is 12.5. The SMILES string of the molecule is Cc1ccc(NC(C)c2sc(C)nc2C)c(F)c1. The summed E-state index contributed by atoms with van der Waals surface area (Å²) in [5, 5.41) is 4.25. The van der Waals surface area contributed by atoms with Gasteiger partial charge < -0.3 is 5.32 Å². The lowest BCUT2D eigenvalue weighted by Gasteiger charge is -2.15. The molecule has 18 heavy (non-hydrogen) atoms. The lowest BCUT2D eigenvalue weighted by Crippen LogP contribution is -2.07. The van der Waals surface area contributed by atoms with Crippen molar-refractivity contribution in [3.8, 4) is 0 Å². The summed E-state index contributed by atoms with van der Waals surface area (Å²) in [5.41, 5.74) is 2.49. The van der Waals surface area contributed by atoms with Gasteiger partial charge in [0, 0.05) is 4.88 Å². The minimum absolute atomic E-state index is 0.0633. The molecule has 0 fully saturated rings. The maximum atomic E-state index is 13.8. The van der Waals surface area contributed by atoms with Crippen LogP contribution >= 0.6 is 11.3 Å². The molecular formula is C14H17FN2S. The summed E-state index contributed by atoms with van der Waals surface area (Å²) in [6, 6.07) is 5.29. The molecule has 0 radical (unpaired) electrons. The molecule has 2 rings (SSSR count). The lowest BCUT2D eigenvalue weighted by atomic mass is 10.2. The van der Waals surface area contributed by atoms with Crippen molar-refractivity contribution in [2.75, 3.05) is 5.32 Å². The van der Waals surface area contributed by atoms with E-state index in [1.165, 1.54) is 0 Å². The second-order valence-corrected chi connectivity index (χ2v) is 5.77. The molecule has 0 aliphatic carbocycles. The summed E-state index contributed by atoms with van der Waals surface area (Å²) in [6.45, 7) is 7.88. The van der Waals surface area contributed by atoms with Gasteiger partial charge in [-0.1, -0.05) is 6.07 Å². The highest BCUT2D eigenvalue weighted by molar-refractivity contribution is 7.11. The van der Waals surface area contributed by atoms with Gasteiger partial charge in [-0.15, -0.1) is 11.3 Å². The molecule has 0 aliphatic rings. The quantitative estimate of drug-likeness (QED) is 0.889. The topological polar surface area (TPSA) is 24.9 Å². The smallest absolute Gasteiger partial charge is 0.146 e. The van der Waals surface area contributed by atoms with E-state index in [4.69, 9.17) is 0 Å². The third-order valence-corrected chi connectivity index (χ3v) is 4.08. The third kappa shape index (κ3) is 2.70. The molecular weight excluding hydrogens is 247 g/mol. The number of nitrogens with zero attached hydrogens (tertiary/aromatic N) is 1. The molecule has 0 amide bonds. The summed E-state index contributed by atoms with van der Waals surface area (Å²) in [4.78, 5) is 5.55. The zero-order valence-electron chi connectivity index (χ0n) is 11.0. The largest absolute Gasteiger partial charge is 0.375 e. The summed E-state index contributed by atoms with van der Waals surface area (Å²) in [6.07, 6.45) is 0. The molecule has 1 atom stereocenters. The van der Waals surface area contributed by atoms with Crippen molar-refractivity contribution in [2.45, 2.75) is 33.7 Å². The molecule has 0 saturated carbocycles. The minimum Gasteiger partial charge on any atom is -0.375 e. The van der Waals surface area contributed by atoms with Gasteiger partial charge in [0.1, 0.15) is 5.82 Å². The standard InChI is InChI=1S/C14H17FN2S/c1-8-5-6-13(12(15)7-8)17-10(3)14-9(2)16-11(4)18-14/h5-7,10,17H,1-4H3. The van der Waals surface area contributed by atoms with E-state index >= 15 is 0 Å². The lowest BCUT2D eigenvalue weighted by molar-refractivity contribution is 0.626. The van der Waals surface area contributed by atoms with Crippen LogP contribution in [0.15, 0.2) is 18.2 Å². The fraction of sp³-hybridized carbons (Fsp3) is 0.357. The van der Waals surface area contributed by atoms with E-state index in [0.29, 0.717) is 5.69 Å². The van der Waals surface area contributed by atoms with Gasteiger partial charge in [-0.3, -0.25) is 0 Å². The monoisotopic (exact) mass is 264 g/mol. The van der Waals surface area contributed by atoms with E-state index in [1.54, 1.807) is 23.5 Å². The van der Waals surface area contributed by atoms with Crippen molar-refractivity contribution in [3.05, 3.63) is 45.2 Å². The molecule has 96 valence electrons. The fourth-order valence-electron chi connectivity index (χ4n) is 1.98. The van der Waals surface area contributed by atoms with E-state index in [0.717, 1.165) is 21.1 Å². The highest BCUT2D eigenvalue weighted by atomic mass is 32.1. The fourth-order valence-corrected chi connectivity index (χ4v) is 2.91. The number of thiazole rings is 1. The first kappa shape index (κ1) is 13.0. The number of nitrogens with one attached hydrogen (secondary N) is 1. The Morgan fingerprint density at radius 1 is 1.28 bits per heavy atom. The molecule has 2 nitrogen and oxygen atoms in total. The number of hydrogen-bond donors (Lipinski definition) is 1. The van der Waals surface area contributed by atoms with E-state index in [1.807, 2.05) is 33.8 Å². The molecule has 1 aromatic heterocycles. The second-order valence-electron chi connectivity index (χ2n) is 4.53. The van der Waals surface area contributed by atoms with E-state index in [9.17, 15) is 4.39 Å². The molecule has 1 N–H and O–H groups in total. The van der Waals surface area contributed by atoms with Crippen LogP contribution in [0, 0.1) is 26.6 Å². The van der Waals surface area contributed by atoms with E-state index < -0.39 is 0 Å². The Balaban J connectivity index is 2.21. The van der Waals surface area contributed by atoms with Crippen LogP contribution in [-0.4, -0.2) is 4.98 Å². The Hall–Kier alpha value is -1.42. The molecule has 4 heteroatoms. The Labute approximate surface area is 111 Å². The van der Waals surface area contributed by atoms with Crippen LogP contribution in [0.5, 0.6) is 0 Å². The number of anilines is 1. The molecule has 1 unspecified atom stereocenters. The van der Waals surface area contributed by atoms with Crippen LogP contribution in [0.4, 0.5) is 10.1 Å². The molecule has 1 heterocycles. The third-order valence-electron chi connectivity index (χ3n) is 2.83. The number of halogens is 1. The van der Waals surface area contributed by atoms with Crippen LogP contribution in [0.25, 0.3) is 0 Å². The van der Waals surface area contributed by atoms with Gasteiger partial charge in [0.25, 0.3) is 0 Å². The Morgan fingerprint density at radius 3 is 2.56 bits per heavy atom. The average molecular weight is 264 g/mol. The first-order chi connectivity index (χ1) is 8.47. The highest BCUT2D eigenvalue weighted by Crippen LogP contribution is 2.28. The van der Waals surface area contributed by atoms with Crippen molar-refractivity contribution < 1.29 is 4.39 Å². The maximum Gasteiger partial charge on any atom is 0.146 e. The second kappa shape index (κ2) is 5.06. The molecule has 0 spiro atoms. The Kier molecular flexibility index (Phi) is 3.66. The predicted octanol–water partition coefficient (Wildman–Crippen LogP) is 4.38. The van der Waals surface area contributed by atoms with Crippen molar-refractivity contribution in [3.63, 3.8) is 0 Å². The first-order valence-electron chi connectivity index (χ1n) is 5.94. The Bertz CT molecular complexity index is 563. The van der Waals surface area contributed by atoms with Crippen LogP contribution in [0.2, 0.25) is 0 Å². The van der Waals surface area contributed by atoms with Crippen molar-refractivity contribution in [1.29, 1.82) is 0 Å². The number of benzene rings is 1. The van der Waals surface area contributed by atoms with Gasteiger partial charge in [-0.25, -0.2) is 9.37 Å². The molecule has 0 saturated heterocycles. The summed E-state index contributed by atoms with van der Waals surface area (Å²) < 4.78 is 13.8. The molecule has 0 bridgehead atoms. The van der Waals surface area contributed by atoms with Gasteiger partial charge in [0.15, 0.2) is 0 Å². The maximum absolute atomic E-state index is 13.8. The molecule has 2 aromatic rings. The number of rotatable bonds is 3. The van der Waals surface area contributed by atoms with Crippen molar-refractivity contribution in [2.24, 2.45) is 0 Å². The van der Waals surface area contributed by atoms with Crippen LogP contribution in [0.1, 0.15) is 34.1 Å². The number of aromatic nitrogens is 1. The van der Waals surface area contributed by atoms with Gasteiger partial charge in [-0.05, 0) is 45.4 Å². The summed E-state index contributed by atoms with van der Waals surface area (Å²) in [5.74, 6) is -0.208. The van der Waals surface area contributed by atoms with Crippen molar-refractivity contribution in [1.82, 2.24) is 4.98 Å². The first-order valence-corrected chi connectivity index (χ1v) is 6.75. The van der Waals surface area contributed by atoms with Crippen LogP contribution in [0.3, 0.4) is 0 Å². The average Bonchev–Trinajstić information content (AvgIpc) is 2.62. The van der Waals surface area contributed by atoms with E-state index in [-0.39, 0.29) is 11.9 Å².